The summed E-state index contributed by atoms with van der Waals surface area (Å²) in [5, 5.41) is 2.24. The van der Waals surface area contributed by atoms with Crippen LogP contribution in [0.15, 0.2) is 24.3 Å². The number of carbonyl (C=O) groups excluding carboxylic acids is 2. The van der Waals surface area contributed by atoms with Crippen molar-refractivity contribution in [3.63, 3.8) is 0 Å². The van der Waals surface area contributed by atoms with E-state index >= 15 is 0 Å². The van der Waals surface area contributed by atoms with Gasteiger partial charge in [0.2, 0.25) is 0 Å². The van der Waals surface area contributed by atoms with Crippen LogP contribution in [0.25, 0.3) is 0 Å². The van der Waals surface area contributed by atoms with Crippen LogP contribution in [0.2, 0.25) is 0 Å². The summed E-state index contributed by atoms with van der Waals surface area (Å²) in [6, 6.07) is 7.28. The third-order valence-electron chi connectivity index (χ3n) is 2.51. The summed E-state index contributed by atoms with van der Waals surface area (Å²) in [7, 11) is 1.48. The highest BCUT2D eigenvalue weighted by molar-refractivity contribution is 8.15. The molecule has 0 unspecified atom stereocenters. The lowest BCUT2D eigenvalue weighted by molar-refractivity contribution is -0.125. The van der Waals surface area contributed by atoms with Gasteiger partial charge in [-0.3, -0.25) is 14.5 Å². The van der Waals surface area contributed by atoms with Gasteiger partial charge in [-0.1, -0.05) is 0 Å². The average Bonchev–Trinajstić information content (AvgIpc) is 2.60. The average molecular weight is 266 g/mol. The molecule has 1 aliphatic heterocycles. The first-order valence-corrected chi connectivity index (χ1v) is 6.47. The molecule has 1 aliphatic rings. The number of amides is 2. The molecular weight excluding hydrogens is 252 g/mol. The molecule has 2 amide bonds. The summed E-state index contributed by atoms with van der Waals surface area (Å²) in [4.78, 5) is 24.1. The first-order chi connectivity index (χ1) is 8.61. The van der Waals surface area contributed by atoms with Gasteiger partial charge < -0.3 is 10.1 Å². The first kappa shape index (κ1) is 12.8. The Morgan fingerprint density at radius 3 is 2.50 bits per heavy atom. The topological polar surface area (TPSA) is 58.6 Å². The van der Waals surface area contributed by atoms with Crippen molar-refractivity contribution in [2.45, 2.75) is 12.3 Å². The van der Waals surface area contributed by atoms with Gasteiger partial charge in [0.05, 0.1) is 6.61 Å². The Labute approximate surface area is 109 Å². The van der Waals surface area contributed by atoms with E-state index in [0.717, 1.165) is 28.1 Å². The molecule has 1 aromatic carbocycles. The Morgan fingerprint density at radius 1 is 1.33 bits per heavy atom. The molecule has 5 nitrogen and oxygen atoms in total. The Balaban J connectivity index is 2.02. The zero-order chi connectivity index (χ0) is 13.1. The van der Waals surface area contributed by atoms with E-state index in [-0.39, 0.29) is 11.1 Å². The molecular formula is C12H14N2O3S. The molecule has 1 fully saturated rings. The number of nitrogens with one attached hydrogen (secondary N) is 1. The van der Waals surface area contributed by atoms with Gasteiger partial charge in [0.25, 0.3) is 11.1 Å². The molecule has 0 bridgehead atoms. The molecule has 18 heavy (non-hydrogen) atoms. The number of rotatable bonds is 4. The van der Waals surface area contributed by atoms with Crippen LogP contribution in [0.5, 0.6) is 5.75 Å². The van der Waals surface area contributed by atoms with Gasteiger partial charge in [0, 0.05) is 12.7 Å². The van der Waals surface area contributed by atoms with Gasteiger partial charge >= 0.3 is 0 Å². The van der Waals surface area contributed by atoms with Crippen LogP contribution < -0.4 is 10.1 Å². The van der Waals surface area contributed by atoms with E-state index in [9.17, 15) is 9.59 Å². The smallest absolute Gasteiger partial charge is 0.290 e. The molecule has 1 atom stereocenters. The lowest BCUT2D eigenvalue weighted by Crippen LogP contribution is -2.31. The maximum Gasteiger partial charge on any atom is 0.290 e. The Morgan fingerprint density at radius 2 is 2.00 bits per heavy atom. The molecule has 1 heterocycles. The van der Waals surface area contributed by atoms with Crippen LogP contribution in [0.4, 0.5) is 10.5 Å². The van der Waals surface area contributed by atoms with E-state index in [0.29, 0.717) is 6.61 Å². The third-order valence-corrected chi connectivity index (χ3v) is 3.54. The summed E-state index contributed by atoms with van der Waals surface area (Å²) >= 11 is 0.986. The number of hydrogen-bond donors (Lipinski definition) is 1. The number of likely N-dealkylation sites (N-methyl/N-ethyl adjacent to an activating group) is 1. The van der Waals surface area contributed by atoms with Gasteiger partial charge in [-0.25, -0.2) is 0 Å². The van der Waals surface area contributed by atoms with Crippen molar-refractivity contribution in [3.8, 4) is 5.75 Å². The molecule has 0 spiro atoms. The summed E-state index contributed by atoms with van der Waals surface area (Å²) in [6.45, 7) is 2.53. The second-order valence-corrected chi connectivity index (χ2v) is 4.82. The van der Waals surface area contributed by atoms with Crippen molar-refractivity contribution in [1.82, 2.24) is 4.90 Å². The Hall–Kier alpha value is -1.69. The molecule has 0 aromatic heterocycles. The van der Waals surface area contributed by atoms with Crippen molar-refractivity contribution in [3.05, 3.63) is 24.3 Å². The van der Waals surface area contributed by atoms with E-state index in [4.69, 9.17) is 4.74 Å². The Kier molecular flexibility index (Phi) is 3.76. The normalized spacial score (nSPS) is 19.2. The fourth-order valence-electron chi connectivity index (χ4n) is 1.55. The van der Waals surface area contributed by atoms with Crippen LogP contribution in [0.3, 0.4) is 0 Å². The number of nitrogens with zero attached hydrogens (tertiary/aromatic N) is 1. The van der Waals surface area contributed by atoms with E-state index in [1.807, 2.05) is 31.2 Å². The van der Waals surface area contributed by atoms with Crippen LogP contribution >= 0.6 is 11.8 Å². The van der Waals surface area contributed by atoms with E-state index in [1.165, 1.54) is 7.05 Å². The van der Waals surface area contributed by atoms with Crippen LogP contribution in [-0.4, -0.2) is 35.1 Å². The molecule has 0 saturated carbocycles. The third kappa shape index (κ3) is 2.59. The molecule has 0 radical (unpaired) electrons. The Bertz CT molecular complexity index is 461. The number of ether oxygens (including phenoxy) is 1. The number of thioether (sulfide) groups is 1. The van der Waals surface area contributed by atoms with Crippen LogP contribution in [0, 0.1) is 0 Å². The SMILES string of the molecule is CCOc1ccc(N[C@@H]2SC(=O)N(C)C2=O)cc1. The van der Waals surface area contributed by atoms with Gasteiger partial charge in [-0.2, -0.15) is 0 Å². The van der Waals surface area contributed by atoms with Crippen LogP contribution in [-0.2, 0) is 4.79 Å². The van der Waals surface area contributed by atoms with Crippen molar-refractivity contribution < 1.29 is 14.3 Å². The number of anilines is 1. The quantitative estimate of drug-likeness (QED) is 0.905. The zero-order valence-corrected chi connectivity index (χ0v) is 11.0. The van der Waals surface area contributed by atoms with Gasteiger partial charge in [0.15, 0.2) is 5.37 Å². The monoisotopic (exact) mass is 266 g/mol. The van der Waals surface area contributed by atoms with Gasteiger partial charge in [0.1, 0.15) is 5.75 Å². The standard InChI is InChI=1S/C12H14N2O3S/c1-3-17-9-6-4-8(5-7-9)13-10-11(15)14(2)12(16)18-10/h4-7,10,13H,3H2,1-2H3/t10-/m1/s1. The van der Waals surface area contributed by atoms with E-state index in [1.54, 1.807) is 0 Å². The summed E-state index contributed by atoms with van der Waals surface area (Å²) in [5.74, 6) is 0.556. The summed E-state index contributed by atoms with van der Waals surface area (Å²) in [5.41, 5.74) is 0.785. The predicted molar refractivity (Wildman–Crippen MR) is 70.8 cm³/mol. The van der Waals surface area contributed by atoms with Crippen molar-refractivity contribution in [2.24, 2.45) is 0 Å². The molecule has 2 rings (SSSR count). The number of carbonyl (C=O) groups is 2. The lowest BCUT2D eigenvalue weighted by Gasteiger charge is -2.11. The molecule has 6 heteroatoms. The maximum absolute atomic E-state index is 11.7. The van der Waals surface area contributed by atoms with Crippen molar-refractivity contribution in [1.29, 1.82) is 0 Å². The highest BCUT2D eigenvalue weighted by Gasteiger charge is 2.36. The number of imide groups is 1. The largest absolute Gasteiger partial charge is 0.494 e. The molecule has 0 aliphatic carbocycles. The highest BCUT2D eigenvalue weighted by atomic mass is 32.2. The minimum absolute atomic E-state index is 0.223. The summed E-state index contributed by atoms with van der Waals surface area (Å²) < 4.78 is 5.32. The predicted octanol–water partition coefficient (Wildman–Crippen LogP) is 2.15. The second kappa shape index (κ2) is 5.30. The molecule has 96 valence electrons. The molecule has 1 saturated heterocycles. The lowest BCUT2D eigenvalue weighted by atomic mass is 10.3. The number of hydrogen-bond acceptors (Lipinski definition) is 5. The first-order valence-electron chi connectivity index (χ1n) is 5.59. The van der Waals surface area contributed by atoms with Crippen molar-refractivity contribution >= 4 is 28.6 Å². The fourth-order valence-corrected chi connectivity index (χ4v) is 2.46. The van der Waals surface area contributed by atoms with Gasteiger partial charge in [-0.05, 0) is 43.0 Å². The van der Waals surface area contributed by atoms with Crippen LogP contribution in [0.1, 0.15) is 6.92 Å². The minimum Gasteiger partial charge on any atom is -0.494 e. The second-order valence-electron chi connectivity index (χ2n) is 3.76. The minimum atomic E-state index is -0.541. The molecule has 1 aromatic rings. The van der Waals surface area contributed by atoms with E-state index in [2.05, 4.69) is 5.32 Å². The van der Waals surface area contributed by atoms with Crippen molar-refractivity contribution in [2.75, 3.05) is 19.0 Å². The fraction of sp³-hybridized carbons (Fsp3) is 0.333. The van der Waals surface area contributed by atoms with Gasteiger partial charge in [-0.15, -0.1) is 0 Å². The highest BCUT2D eigenvalue weighted by Crippen LogP contribution is 2.27. The van der Waals surface area contributed by atoms with E-state index < -0.39 is 5.37 Å². The molecule has 1 N–H and O–H groups in total. The summed E-state index contributed by atoms with van der Waals surface area (Å²) in [6.07, 6.45) is 0. The number of benzene rings is 1. The maximum atomic E-state index is 11.7. The zero-order valence-electron chi connectivity index (χ0n) is 10.2.